The van der Waals surface area contributed by atoms with E-state index in [0.29, 0.717) is 11.5 Å². The zero-order valence-corrected chi connectivity index (χ0v) is 12.3. The van der Waals surface area contributed by atoms with Crippen LogP contribution in [0.5, 0.6) is 0 Å². The summed E-state index contributed by atoms with van der Waals surface area (Å²) in [5, 5.41) is 3.75. The molecule has 2 unspecified atom stereocenters. The fourth-order valence-electron chi connectivity index (χ4n) is 2.86. The first-order chi connectivity index (χ1) is 8.53. The van der Waals surface area contributed by atoms with Gasteiger partial charge in [0, 0.05) is 6.04 Å². The summed E-state index contributed by atoms with van der Waals surface area (Å²) in [6.45, 7) is 10.3. The third kappa shape index (κ3) is 3.35. The Kier molecular flexibility index (Phi) is 4.11. The molecule has 1 aromatic carbocycles. The van der Waals surface area contributed by atoms with Gasteiger partial charge in [-0.1, -0.05) is 50.6 Å². The smallest absolute Gasteiger partial charge is 0.0141 e. The van der Waals surface area contributed by atoms with Gasteiger partial charge in [-0.2, -0.15) is 0 Å². The van der Waals surface area contributed by atoms with Gasteiger partial charge in [-0.3, -0.25) is 0 Å². The lowest BCUT2D eigenvalue weighted by atomic mass is 9.96. The maximum Gasteiger partial charge on any atom is 0.0141 e. The Morgan fingerprint density at radius 2 is 1.89 bits per heavy atom. The van der Waals surface area contributed by atoms with Crippen LogP contribution < -0.4 is 5.32 Å². The summed E-state index contributed by atoms with van der Waals surface area (Å²) in [7, 11) is 0. The molecule has 1 nitrogen and oxygen atoms in total. The van der Waals surface area contributed by atoms with Crippen molar-refractivity contribution in [1.29, 1.82) is 0 Å². The van der Waals surface area contributed by atoms with Crippen molar-refractivity contribution in [1.82, 2.24) is 5.32 Å². The molecule has 0 heterocycles. The molecule has 1 N–H and O–H groups in total. The first-order valence-corrected chi connectivity index (χ1v) is 7.32. The molecule has 2 atom stereocenters. The van der Waals surface area contributed by atoms with Gasteiger partial charge in [-0.15, -0.1) is 0 Å². The van der Waals surface area contributed by atoms with E-state index in [0.717, 1.165) is 12.5 Å². The van der Waals surface area contributed by atoms with Crippen LogP contribution >= 0.6 is 0 Å². The minimum absolute atomic E-state index is 0.552. The molecule has 1 aliphatic carbocycles. The molecule has 1 aromatic rings. The minimum atomic E-state index is 0.552. The van der Waals surface area contributed by atoms with Gasteiger partial charge in [-0.05, 0) is 49.6 Å². The Balaban J connectivity index is 1.99. The lowest BCUT2D eigenvalue weighted by Gasteiger charge is -2.20. The van der Waals surface area contributed by atoms with Crippen LogP contribution in [0, 0.1) is 18.3 Å². The summed E-state index contributed by atoms with van der Waals surface area (Å²) in [5.41, 5.74) is 3.37. The van der Waals surface area contributed by atoms with Crippen LogP contribution in [0.15, 0.2) is 24.3 Å². The van der Waals surface area contributed by atoms with Gasteiger partial charge in [0.25, 0.3) is 0 Å². The van der Waals surface area contributed by atoms with Crippen molar-refractivity contribution < 1.29 is 0 Å². The molecule has 1 fully saturated rings. The summed E-state index contributed by atoms with van der Waals surface area (Å²) in [5.74, 6) is 0.852. The van der Waals surface area contributed by atoms with Crippen molar-refractivity contribution in [2.45, 2.75) is 53.0 Å². The van der Waals surface area contributed by atoms with E-state index in [-0.39, 0.29) is 0 Å². The zero-order valence-electron chi connectivity index (χ0n) is 12.3. The summed E-state index contributed by atoms with van der Waals surface area (Å²) in [6.07, 6.45) is 3.77. The largest absolute Gasteiger partial charge is 0.313 e. The molecule has 0 bridgehead atoms. The normalized spacial score (nSPS) is 22.8. The van der Waals surface area contributed by atoms with Gasteiger partial charge < -0.3 is 5.32 Å². The topological polar surface area (TPSA) is 12.0 Å². The zero-order chi connectivity index (χ0) is 13.2. The van der Waals surface area contributed by atoms with Crippen molar-refractivity contribution in [3.05, 3.63) is 35.4 Å². The molecule has 2 rings (SSSR count). The molecule has 0 amide bonds. The van der Waals surface area contributed by atoms with Crippen molar-refractivity contribution in [3.63, 3.8) is 0 Å². The lowest BCUT2D eigenvalue weighted by Crippen LogP contribution is -2.35. The molecule has 0 radical (unpaired) electrons. The highest BCUT2D eigenvalue weighted by atomic mass is 14.9. The van der Waals surface area contributed by atoms with E-state index < -0.39 is 0 Å². The molecule has 1 aliphatic rings. The molecule has 100 valence electrons. The Bertz CT molecular complexity index is 377. The van der Waals surface area contributed by atoms with E-state index in [1.807, 2.05) is 0 Å². The number of hydrogen-bond acceptors (Lipinski definition) is 1. The van der Waals surface area contributed by atoms with Crippen LogP contribution in [-0.4, -0.2) is 12.6 Å². The van der Waals surface area contributed by atoms with E-state index in [4.69, 9.17) is 0 Å². The van der Waals surface area contributed by atoms with Crippen molar-refractivity contribution in [3.8, 4) is 0 Å². The first kappa shape index (κ1) is 13.6. The molecule has 0 spiro atoms. The second kappa shape index (κ2) is 5.44. The molecule has 0 aromatic heterocycles. The van der Waals surface area contributed by atoms with Crippen molar-refractivity contribution in [2.24, 2.45) is 11.3 Å². The van der Waals surface area contributed by atoms with Crippen LogP contribution in [0.3, 0.4) is 0 Å². The predicted octanol–water partition coefficient (Wildman–Crippen LogP) is 3.95. The first-order valence-electron chi connectivity index (χ1n) is 7.32. The highest BCUT2D eigenvalue weighted by molar-refractivity contribution is 5.23. The second-order valence-corrected chi connectivity index (χ2v) is 6.55. The van der Waals surface area contributed by atoms with Crippen molar-refractivity contribution >= 4 is 0 Å². The number of benzene rings is 1. The fourth-order valence-corrected chi connectivity index (χ4v) is 2.86. The van der Waals surface area contributed by atoms with Gasteiger partial charge in [-0.25, -0.2) is 0 Å². The van der Waals surface area contributed by atoms with Crippen LogP contribution in [0.25, 0.3) is 0 Å². The van der Waals surface area contributed by atoms with Crippen LogP contribution in [0.1, 0.15) is 44.7 Å². The Morgan fingerprint density at radius 3 is 2.39 bits per heavy atom. The maximum atomic E-state index is 3.75. The summed E-state index contributed by atoms with van der Waals surface area (Å²) < 4.78 is 0. The van der Waals surface area contributed by atoms with Gasteiger partial charge >= 0.3 is 0 Å². The average molecular weight is 245 g/mol. The molecular formula is C17H27N. The Hall–Kier alpha value is -0.820. The van der Waals surface area contributed by atoms with Crippen LogP contribution in [0.4, 0.5) is 0 Å². The van der Waals surface area contributed by atoms with E-state index in [1.165, 1.54) is 30.4 Å². The highest BCUT2D eigenvalue weighted by Gasteiger charge is 2.49. The van der Waals surface area contributed by atoms with E-state index in [9.17, 15) is 0 Å². The third-order valence-electron chi connectivity index (χ3n) is 4.31. The Morgan fingerprint density at radius 1 is 1.28 bits per heavy atom. The van der Waals surface area contributed by atoms with Gasteiger partial charge in [0.2, 0.25) is 0 Å². The molecule has 1 heteroatoms. The second-order valence-electron chi connectivity index (χ2n) is 6.55. The predicted molar refractivity (Wildman–Crippen MR) is 78.9 cm³/mol. The van der Waals surface area contributed by atoms with Crippen LogP contribution in [-0.2, 0) is 6.42 Å². The monoisotopic (exact) mass is 245 g/mol. The minimum Gasteiger partial charge on any atom is -0.313 e. The maximum absolute atomic E-state index is 3.75. The SMILES string of the molecule is CCCNC(Cc1ccc(C)cc1)C1CC1(C)C. The molecule has 1 saturated carbocycles. The summed E-state index contributed by atoms with van der Waals surface area (Å²) >= 11 is 0. The Labute approximate surface area is 112 Å². The lowest BCUT2D eigenvalue weighted by molar-refractivity contribution is 0.402. The summed E-state index contributed by atoms with van der Waals surface area (Å²) in [6, 6.07) is 9.67. The standard InChI is InChI=1S/C17H27N/c1-5-10-18-16(15-12-17(15,3)4)11-14-8-6-13(2)7-9-14/h6-9,15-16,18H,5,10-12H2,1-4H3. The number of hydrogen-bond donors (Lipinski definition) is 1. The van der Waals surface area contributed by atoms with E-state index >= 15 is 0 Å². The van der Waals surface area contributed by atoms with Crippen LogP contribution in [0.2, 0.25) is 0 Å². The van der Waals surface area contributed by atoms with Gasteiger partial charge in [0.1, 0.15) is 0 Å². The number of aryl methyl sites for hydroxylation is 1. The quantitative estimate of drug-likeness (QED) is 0.800. The molecule has 18 heavy (non-hydrogen) atoms. The molecular weight excluding hydrogens is 218 g/mol. The van der Waals surface area contributed by atoms with Crippen molar-refractivity contribution in [2.75, 3.05) is 6.54 Å². The number of rotatable bonds is 6. The van der Waals surface area contributed by atoms with Gasteiger partial charge in [0.15, 0.2) is 0 Å². The third-order valence-corrected chi connectivity index (χ3v) is 4.31. The summed E-state index contributed by atoms with van der Waals surface area (Å²) in [4.78, 5) is 0. The molecule has 0 saturated heterocycles. The van der Waals surface area contributed by atoms with E-state index in [2.05, 4.69) is 57.3 Å². The van der Waals surface area contributed by atoms with Gasteiger partial charge in [0.05, 0.1) is 0 Å². The number of nitrogens with one attached hydrogen (secondary N) is 1. The van der Waals surface area contributed by atoms with E-state index in [1.54, 1.807) is 0 Å². The fraction of sp³-hybridized carbons (Fsp3) is 0.647. The highest BCUT2D eigenvalue weighted by Crippen LogP contribution is 2.54. The molecule has 0 aliphatic heterocycles. The average Bonchev–Trinajstić information content (AvgIpc) is 2.96.